The van der Waals surface area contributed by atoms with Crippen LogP contribution in [0.5, 0.6) is 0 Å². The van der Waals surface area contributed by atoms with E-state index < -0.39 is 28.0 Å². The van der Waals surface area contributed by atoms with Gasteiger partial charge in [-0.1, -0.05) is 24.3 Å². The molecule has 1 atom stereocenters. The minimum atomic E-state index is -3.64. The Morgan fingerprint density at radius 2 is 1.87 bits per heavy atom. The molecule has 0 unspecified atom stereocenters. The number of nitrogens with zero attached hydrogens (tertiary/aromatic N) is 1. The van der Waals surface area contributed by atoms with E-state index in [4.69, 9.17) is 4.74 Å². The second kappa shape index (κ2) is 9.09. The molecule has 0 fully saturated rings. The molecule has 10 heteroatoms. The number of carbonyl (C=O) groups excluding carboxylic acids is 3. The quantitative estimate of drug-likeness (QED) is 0.496. The number of ether oxygens (including phenoxy) is 1. The molecule has 1 aliphatic rings. The van der Waals surface area contributed by atoms with Crippen LogP contribution >= 0.6 is 0 Å². The molecule has 2 aromatic carbocycles. The summed E-state index contributed by atoms with van der Waals surface area (Å²) in [5, 5.41) is 2.59. The molecule has 0 aromatic heterocycles. The van der Waals surface area contributed by atoms with Gasteiger partial charge in [0.25, 0.3) is 15.9 Å². The number of Topliss-reactive ketones (excluding diaryl/α,β-unsaturated/α-hetero) is 1. The SMILES string of the molecule is CC(=O)c1cccc(NC(=O)[C@@H](C)OC(=O)CCN=C2NS(=O)(=O)c3ccccc32)c1. The van der Waals surface area contributed by atoms with Crippen molar-refractivity contribution in [2.45, 2.75) is 31.3 Å². The number of benzene rings is 2. The Morgan fingerprint density at radius 3 is 2.61 bits per heavy atom. The monoisotopic (exact) mass is 443 g/mol. The fourth-order valence-corrected chi connectivity index (χ4v) is 4.13. The third kappa shape index (κ3) is 5.34. The predicted molar refractivity (Wildman–Crippen MR) is 113 cm³/mol. The molecule has 0 spiro atoms. The van der Waals surface area contributed by atoms with Gasteiger partial charge in [0, 0.05) is 16.8 Å². The van der Waals surface area contributed by atoms with E-state index >= 15 is 0 Å². The average Bonchev–Trinajstić information content (AvgIpc) is 2.98. The van der Waals surface area contributed by atoms with Crippen LogP contribution in [0.15, 0.2) is 58.4 Å². The number of rotatable bonds is 7. The Bertz CT molecular complexity index is 1170. The van der Waals surface area contributed by atoms with Crippen LogP contribution in [0.4, 0.5) is 5.69 Å². The highest BCUT2D eigenvalue weighted by Gasteiger charge is 2.30. The molecule has 0 saturated carbocycles. The van der Waals surface area contributed by atoms with Gasteiger partial charge in [-0.05, 0) is 38.1 Å². The Labute approximate surface area is 179 Å². The van der Waals surface area contributed by atoms with Crippen LogP contribution < -0.4 is 10.0 Å². The molecule has 3 rings (SSSR count). The molecule has 2 aromatic rings. The fraction of sp³-hybridized carbons (Fsp3) is 0.238. The van der Waals surface area contributed by atoms with Crippen LogP contribution in [0, 0.1) is 0 Å². The number of amides is 1. The van der Waals surface area contributed by atoms with E-state index in [1.807, 2.05) is 0 Å². The van der Waals surface area contributed by atoms with E-state index in [2.05, 4.69) is 15.0 Å². The van der Waals surface area contributed by atoms with Crippen molar-refractivity contribution in [2.75, 3.05) is 11.9 Å². The number of nitrogens with one attached hydrogen (secondary N) is 2. The molecular formula is C21H21N3O6S. The second-order valence-electron chi connectivity index (χ2n) is 6.84. The van der Waals surface area contributed by atoms with Gasteiger partial charge in [0.15, 0.2) is 11.9 Å². The van der Waals surface area contributed by atoms with Crippen molar-refractivity contribution >= 4 is 39.2 Å². The van der Waals surface area contributed by atoms with Gasteiger partial charge in [-0.15, -0.1) is 0 Å². The van der Waals surface area contributed by atoms with Crippen LogP contribution in [-0.2, 0) is 24.3 Å². The molecule has 0 radical (unpaired) electrons. The van der Waals surface area contributed by atoms with Crippen molar-refractivity contribution in [1.82, 2.24) is 4.72 Å². The van der Waals surface area contributed by atoms with Crippen molar-refractivity contribution in [1.29, 1.82) is 0 Å². The standard InChI is InChI=1S/C21H21N3O6S/c1-13(25)15-6-5-7-16(12-15)23-21(27)14(2)30-19(26)10-11-22-20-17-8-3-4-9-18(17)31(28,29)24-20/h3-9,12,14H,10-11H2,1-2H3,(H,22,24)(H,23,27)/t14-/m1/s1. The van der Waals surface area contributed by atoms with Crippen molar-refractivity contribution in [3.63, 3.8) is 0 Å². The van der Waals surface area contributed by atoms with Crippen LogP contribution in [0.25, 0.3) is 0 Å². The second-order valence-corrected chi connectivity index (χ2v) is 8.49. The Hall–Kier alpha value is -3.53. The summed E-state index contributed by atoms with van der Waals surface area (Å²) in [7, 11) is -3.64. The zero-order valence-corrected chi connectivity index (χ0v) is 17.7. The maximum absolute atomic E-state index is 12.2. The summed E-state index contributed by atoms with van der Waals surface area (Å²) >= 11 is 0. The lowest BCUT2D eigenvalue weighted by atomic mass is 10.1. The Morgan fingerprint density at radius 1 is 1.13 bits per heavy atom. The van der Waals surface area contributed by atoms with Crippen molar-refractivity contribution in [3.8, 4) is 0 Å². The van der Waals surface area contributed by atoms with E-state index in [9.17, 15) is 22.8 Å². The number of anilines is 1. The van der Waals surface area contributed by atoms with Gasteiger partial charge < -0.3 is 10.1 Å². The highest BCUT2D eigenvalue weighted by molar-refractivity contribution is 7.90. The minimum Gasteiger partial charge on any atom is -0.452 e. The molecule has 162 valence electrons. The highest BCUT2D eigenvalue weighted by Crippen LogP contribution is 2.22. The summed E-state index contributed by atoms with van der Waals surface area (Å²) in [6, 6.07) is 12.8. The normalized spacial score (nSPS) is 16.1. The van der Waals surface area contributed by atoms with Gasteiger partial charge >= 0.3 is 5.97 Å². The molecule has 2 N–H and O–H groups in total. The lowest BCUT2D eigenvalue weighted by Gasteiger charge is -2.13. The van der Waals surface area contributed by atoms with E-state index in [1.54, 1.807) is 36.4 Å². The number of esters is 1. The summed E-state index contributed by atoms with van der Waals surface area (Å²) in [5.41, 5.74) is 1.31. The molecule has 0 saturated heterocycles. The maximum Gasteiger partial charge on any atom is 0.308 e. The zero-order chi connectivity index (χ0) is 22.6. The number of aliphatic imine (C=N–C) groups is 1. The number of ketones is 1. The Balaban J connectivity index is 1.53. The van der Waals surface area contributed by atoms with Gasteiger partial charge in [-0.25, -0.2) is 8.42 Å². The largest absolute Gasteiger partial charge is 0.452 e. The lowest BCUT2D eigenvalue weighted by Crippen LogP contribution is -2.30. The molecule has 0 bridgehead atoms. The average molecular weight is 443 g/mol. The summed E-state index contributed by atoms with van der Waals surface area (Å²) in [4.78, 5) is 40.0. The maximum atomic E-state index is 12.2. The van der Waals surface area contributed by atoms with E-state index in [0.717, 1.165) is 0 Å². The smallest absolute Gasteiger partial charge is 0.308 e. The first-order valence-electron chi connectivity index (χ1n) is 9.45. The number of sulfonamides is 1. The molecule has 0 aliphatic carbocycles. The van der Waals surface area contributed by atoms with E-state index in [-0.39, 0.29) is 29.5 Å². The molecule has 31 heavy (non-hydrogen) atoms. The van der Waals surface area contributed by atoms with Gasteiger partial charge in [0.05, 0.1) is 17.9 Å². The first-order chi connectivity index (χ1) is 14.7. The number of carbonyl (C=O) groups is 3. The van der Waals surface area contributed by atoms with Crippen LogP contribution in [0.3, 0.4) is 0 Å². The van der Waals surface area contributed by atoms with Crippen molar-refractivity contribution < 1.29 is 27.5 Å². The lowest BCUT2D eigenvalue weighted by molar-refractivity contribution is -0.152. The fourth-order valence-electron chi connectivity index (χ4n) is 2.88. The molecule has 9 nitrogen and oxygen atoms in total. The van der Waals surface area contributed by atoms with Gasteiger partial charge in [0.2, 0.25) is 0 Å². The minimum absolute atomic E-state index is 0.0139. The van der Waals surface area contributed by atoms with Crippen molar-refractivity contribution in [3.05, 3.63) is 59.7 Å². The summed E-state index contributed by atoms with van der Waals surface area (Å²) in [5.74, 6) is -1.17. The number of amidine groups is 1. The van der Waals surface area contributed by atoms with Crippen LogP contribution in [-0.4, -0.2) is 44.6 Å². The topological polar surface area (TPSA) is 131 Å². The molecule has 1 aliphatic heterocycles. The third-order valence-electron chi connectivity index (χ3n) is 4.46. The number of fused-ring (bicyclic) bond motifs is 1. The predicted octanol–water partition coefficient (Wildman–Crippen LogP) is 1.89. The first-order valence-corrected chi connectivity index (χ1v) is 10.9. The summed E-state index contributed by atoms with van der Waals surface area (Å²) in [6.45, 7) is 2.83. The van der Waals surface area contributed by atoms with Gasteiger partial charge in [-0.2, -0.15) is 0 Å². The number of hydrogen-bond acceptors (Lipinski definition) is 7. The molecule has 1 heterocycles. The van der Waals surface area contributed by atoms with Gasteiger partial charge in [-0.3, -0.25) is 24.1 Å². The van der Waals surface area contributed by atoms with E-state index in [0.29, 0.717) is 16.8 Å². The summed E-state index contributed by atoms with van der Waals surface area (Å²) < 4.78 is 31.5. The first kappa shape index (κ1) is 22.2. The highest BCUT2D eigenvalue weighted by atomic mass is 32.2. The van der Waals surface area contributed by atoms with E-state index in [1.165, 1.54) is 26.0 Å². The zero-order valence-electron chi connectivity index (χ0n) is 16.9. The van der Waals surface area contributed by atoms with Crippen molar-refractivity contribution in [2.24, 2.45) is 4.99 Å². The van der Waals surface area contributed by atoms with Crippen LogP contribution in [0.2, 0.25) is 0 Å². The van der Waals surface area contributed by atoms with Crippen LogP contribution in [0.1, 0.15) is 36.2 Å². The third-order valence-corrected chi connectivity index (χ3v) is 5.86. The van der Waals surface area contributed by atoms with Gasteiger partial charge in [0.1, 0.15) is 5.84 Å². The molecule has 1 amide bonds. The molecular weight excluding hydrogens is 422 g/mol. The summed E-state index contributed by atoms with van der Waals surface area (Å²) in [6.07, 6.45) is -1.20. The Kier molecular flexibility index (Phi) is 6.50. The number of hydrogen-bond donors (Lipinski definition) is 2.